The smallest absolute Gasteiger partial charge is 0.130 e. The fraction of sp³-hybridized carbons (Fsp3) is 0.667. The van der Waals surface area contributed by atoms with Crippen molar-refractivity contribution in [2.45, 2.75) is 40.2 Å². The Morgan fingerprint density at radius 2 is 1.73 bits per heavy atom. The summed E-state index contributed by atoms with van der Waals surface area (Å²) in [4.78, 5) is 8.65. The molecule has 0 aliphatic heterocycles. The monoisotopic (exact) mass is 207 g/mol. The van der Waals surface area contributed by atoms with Crippen LogP contribution in [0.15, 0.2) is 12.4 Å². The lowest BCUT2D eigenvalue weighted by Crippen LogP contribution is -2.19. The standard InChI is InChI=1S/C12H21N3/c1-9(2)5-13-6-11-7-14-12(10(3)4)15-8-11/h7-10,13H,5-6H2,1-4H3. The zero-order chi connectivity index (χ0) is 11.3. The van der Waals surface area contributed by atoms with Crippen molar-refractivity contribution in [3.63, 3.8) is 0 Å². The third-order valence-electron chi connectivity index (χ3n) is 2.12. The number of nitrogens with one attached hydrogen (secondary N) is 1. The fourth-order valence-electron chi connectivity index (χ4n) is 1.26. The zero-order valence-corrected chi connectivity index (χ0v) is 10.1. The van der Waals surface area contributed by atoms with Crippen LogP contribution in [0.4, 0.5) is 0 Å². The van der Waals surface area contributed by atoms with Crippen LogP contribution in [0.25, 0.3) is 0 Å². The van der Waals surface area contributed by atoms with Gasteiger partial charge in [-0.2, -0.15) is 0 Å². The highest BCUT2D eigenvalue weighted by atomic mass is 14.9. The van der Waals surface area contributed by atoms with E-state index in [1.165, 1.54) is 0 Å². The van der Waals surface area contributed by atoms with Crippen molar-refractivity contribution in [3.8, 4) is 0 Å². The predicted molar refractivity (Wildman–Crippen MR) is 62.7 cm³/mol. The van der Waals surface area contributed by atoms with Crippen molar-refractivity contribution in [2.75, 3.05) is 6.54 Å². The second-order valence-electron chi connectivity index (χ2n) is 4.63. The molecule has 1 aromatic heterocycles. The van der Waals surface area contributed by atoms with Gasteiger partial charge in [0.1, 0.15) is 5.82 Å². The van der Waals surface area contributed by atoms with Crippen molar-refractivity contribution < 1.29 is 0 Å². The first-order chi connectivity index (χ1) is 7.09. The Labute approximate surface area is 92.3 Å². The molecule has 0 bridgehead atoms. The van der Waals surface area contributed by atoms with Gasteiger partial charge in [-0.25, -0.2) is 9.97 Å². The van der Waals surface area contributed by atoms with Gasteiger partial charge in [0.2, 0.25) is 0 Å². The molecule has 0 fully saturated rings. The molecule has 0 radical (unpaired) electrons. The number of nitrogens with zero attached hydrogens (tertiary/aromatic N) is 2. The first-order valence-corrected chi connectivity index (χ1v) is 5.61. The Hall–Kier alpha value is -0.960. The summed E-state index contributed by atoms with van der Waals surface area (Å²) in [6, 6.07) is 0. The van der Waals surface area contributed by atoms with E-state index in [0.29, 0.717) is 11.8 Å². The maximum absolute atomic E-state index is 4.32. The molecule has 1 N–H and O–H groups in total. The van der Waals surface area contributed by atoms with E-state index in [9.17, 15) is 0 Å². The van der Waals surface area contributed by atoms with Gasteiger partial charge in [-0.1, -0.05) is 27.7 Å². The Balaban J connectivity index is 2.43. The average molecular weight is 207 g/mol. The molecular formula is C12H21N3. The molecule has 1 rings (SSSR count). The molecule has 15 heavy (non-hydrogen) atoms. The van der Waals surface area contributed by atoms with E-state index in [0.717, 1.165) is 24.5 Å². The molecule has 84 valence electrons. The molecule has 0 saturated heterocycles. The average Bonchev–Trinajstić information content (AvgIpc) is 2.18. The van der Waals surface area contributed by atoms with Crippen LogP contribution >= 0.6 is 0 Å². The van der Waals surface area contributed by atoms with Crippen LogP contribution in [0.5, 0.6) is 0 Å². The Bertz CT molecular complexity index is 277. The Morgan fingerprint density at radius 1 is 1.13 bits per heavy atom. The lowest BCUT2D eigenvalue weighted by atomic mass is 10.2. The quantitative estimate of drug-likeness (QED) is 0.805. The summed E-state index contributed by atoms with van der Waals surface area (Å²) in [5.41, 5.74) is 1.15. The summed E-state index contributed by atoms with van der Waals surface area (Å²) in [5.74, 6) is 2.01. The summed E-state index contributed by atoms with van der Waals surface area (Å²) >= 11 is 0. The van der Waals surface area contributed by atoms with E-state index in [1.54, 1.807) is 0 Å². The van der Waals surface area contributed by atoms with E-state index in [4.69, 9.17) is 0 Å². The van der Waals surface area contributed by atoms with Crippen molar-refractivity contribution in [1.82, 2.24) is 15.3 Å². The largest absolute Gasteiger partial charge is 0.312 e. The van der Waals surface area contributed by atoms with Gasteiger partial charge in [0.05, 0.1) is 0 Å². The van der Waals surface area contributed by atoms with Crippen molar-refractivity contribution >= 4 is 0 Å². The summed E-state index contributed by atoms with van der Waals surface area (Å²) in [7, 11) is 0. The fourth-order valence-corrected chi connectivity index (χ4v) is 1.26. The first-order valence-electron chi connectivity index (χ1n) is 5.61. The zero-order valence-electron chi connectivity index (χ0n) is 10.1. The van der Waals surface area contributed by atoms with Gasteiger partial charge >= 0.3 is 0 Å². The molecule has 3 nitrogen and oxygen atoms in total. The van der Waals surface area contributed by atoms with Gasteiger partial charge in [0.25, 0.3) is 0 Å². The minimum atomic E-state index is 0.405. The third-order valence-corrected chi connectivity index (χ3v) is 2.12. The molecule has 0 saturated carbocycles. The van der Waals surface area contributed by atoms with Crippen LogP contribution in [0.1, 0.15) is 45.0 Å². The number of rotatable bonds is 5. The Morgan fingerprint density at radius 3 is 2.20 bits per heavy atom. The number of aromatic nitrogens is 2. The number of hydrogen-bond acceptors (Lipinski definition) is 3. The van der Waals surface area contributed by atoms with E-state index >= 15 is 0 Å². The molecule has 0 unspecified atom stereocenters. The molecule has 1 aromatic rings. The van der Waals surface area contributed by atoms with Crippen LogP contribution in [0, 0.1) is 5.92 Å². The molecule has 3 heteroatoms. The van der Waals surface area contributed by atoms with Gasteiger partial charge in [0, 0.05) is 30.4 Å². The minimum absolute atomic E-state index is 0.405. The van der Waals surface area contributed by atoms with Crippen molar-refractivity contribution in [2.24, 2.45) is 5.92 Å². The van der Waals surface area contributed by atoms with Gasteiger partial charge in [-0.05, 0) is 12.5 Å². The molecule has 0 atom stereocenters. The minimum Gasteiger partial charge on any atom is -0.312 e. The molecular weight excluding hydrogens is 186 g/mol. The lowest BCUT2D eigenvalue weighted by Gasteiger charge is -2.08. The lowest BCUT2D eigenvalue weighted by molar-refractivity contribution is 0.550. The van der Waals surface area contributed by atoms with Crippen LogP contribution in [-0.2, 0) is 6.54 Å². The van der Waals surface area contributed by atoms with Gasteiger partial charge in [-0.3, -0.25) is 0 Å². The van der Waals surface area contributed by atoms with Crippen LogP contribution in [-0.4, -0.2) is 16.5 Å². The maximum atomic E-state index is 4.32. The summed E-state index contributed by atoms with van der Waals surface area (Å²) in [6.07, 6.45) is 3.82. The van der Waals surface area contributed by atoms with Gasteiger partial charge < -0.3 is 5.32 Å². The maximum Gasteiger partial charge on any atom is 0.130 e. The van der Waals surface area contributed by atoms with E-state index in [1.807, 2.05) is 12.4 Å². The SMILES string of the molecule is CC(C)CNCc1cnc(C(C)C)nc1. The highest BCUT2D eigenvalue weighted by Crippen LogP contribution is 2.07. The van der Waals surface area contributed by atoms with Crippen LogP contribution in [0.3, 0.4) is 0 Å². The van der Waals surface area contributed by atoms with Gasteiger partial charge in [-0.15, -0.1) is 0 Å². The van der Waals surface area contributed by atoms with E-state index in [2.05, 4.69) is 43.0 Å². The summed E-state index contributed by atoms with van der Waals surface area (Å²) < 4.78 is 0. The molecule has 0 aliphatic carbocycles. The third kappa shape index (κ3) is 4.38. The van der Waals surface area contributed by atoms with Crippen LogP contribution < -0.4 is 5.32 Å². The molecule has 0 spiro atoms. The summed E-state index contributed by atoms with van der Waals surface area (Å²) in [5, 5.41) is 3.37. The second kappa shape index (κ2) is 5.81. The molecule has 1 heterocycles. The molecule has 0 aromatic carbocycles. The van der Waals surface area contributed by atoms with E-state index < -0.39 is 0 Å². The Kier molecular flexibility index (Phi) is 4.69. The van der Waals surface area contributed by atoms with Crippen molar-refractivity contribution in [1.29, 1.82) is 0 Å². The second-order valence-corrected chi connectivity index (χ2v) is 4.63. The summed E-state index contributed by atoms with van der Waals surface area (Å²) in [6.45, 7) is 10.5. The topological polar surface area (TPSA) is 37.8 Å². The predicted octanol–water partition coefficient (Wildman–Crippen LogP) is 2.35. The van der Waals surface area contributed by atoms with Crippen LogP contribution in [0.2, 0.25) is 0 Å². The first kappa shape index (κ1) is 12.1. The highest BCUT2D eigenvalue weighted by molar-refractivity contribution is 5.06. The normalized spacial score (nSPS) is 11.3. The molecule has 0 aliphatic rings. The number of hydrogen-bond donors (Lipinski definition) is 1. The molecule has 0 amide bonds. The highest BCUT2D eigenvalue weighted by Gasteiger charge is 2.02. The van der Waals surface area contributed by atoms with Crippen molar-refractivity contribution in [3.05, 3.63) is 23.8 Å². The van der Waals surface area contributed by atoms with E-state index in [-0.39, 0.29) is 0 Å². The van der Waals surface area contributed by atoms with Gasteiger partial charge in [0.15, 0.2) is 0 Å².